The predicted octanol–water partition coefficient (Wildman–Crippen LogP) is 3.54. The van der Waals surface area contributed by atoms with Gasteiger partial charge in [-0.25, -0.2) is 4.39 Å². The molecule has 1 aromatic heterocycles. The van der Waals surface area contributed by atoms with Crippen LogP contribution < -0.4 is 10.5 Å². The highest BCUT2D eigenvalue weighted by Gasteiger charge is 2.08. The van der Waals surface area contributed by atoms with Crippen LogP contribution in [-0.4, -0.2) is 4.98 Å². The lowest BCUT2D eigenvalue weighted by atomic mass is 10.1. The minimum absolute atomic E-state index is 0.0898. The van der Waals surface area contributed by atoms with Crippen molar-refractivity contribution < 1.29 is 9.13 Å². The SMILES string of the molecule is Nc1cccc(F)c1COc1cccc2ncccc12. The highest BCUT2D eigenvalue weighted by molar-refractivity contribution is 5.84. The van der Waals surface area contributed by atoms with E-state index >= 15 is 0 Å². The third kappa shape index (κ3) is 2.28. The Balaban J connectivity index is 1.91. The normalized spacial score (nSPS) is 10.7. The van der Waals surface area contributed by atoms with Crippen molar-refractivity contribution >= 4 is 16.6 Å². The molecule has 0 atom stereocenters. The highest BCUT2D eigenvalue weighted by Crippen LogP contribution is 2.26. The number of hydrogen-bond donors (Lipinski definition) is 1. The van der Waals surface area contributed by atoms with Crippen molar-refractivity contribution in [2.45, 2.75) is 6.61 Å². The first-order valence-electron chi connectivity index (χ1n) is 6.25. The molecule has 3 rings (SSSR count). The number of fused-ring (bicyclic) bond motifs is 1. The highest BCUT2D eigenvalue weighted by atomic mass is 19.1. The fourth-order valence-electron chi connectivity index (χ4n) is 2.08. The van der Waals surface area contributed by atoms with Crippen molar-refractivity contribution in [3.05, 3.63) is 66.1 Å². The van der Waals surface area contributed by atoms with E-state index in [0.29, 0.717) is 17.0 Å². The maximum absolute atomic E-state index is 13.7. The topological polar surface area (TPSA) is 48.1 Å². The maximum atomic E-state index is 13.7. The molecule has 0 amide bonds. The van der Waals surface area contributed by atoms with Crippen LogP contribution in [0.4, 0.5) is 10.1 Å². The van der Waals surface area contributed by atoms with Crippen molar-refractivity contribution in [1.82, 2.24) is 4.98 Å². The molecule has 0 spiro atoms. The number of hydrogen-bond acceptors (Lipinski definition) is 3. The van der Waals surface area contributed by atoms with E-state index in [0.717, 1.165) is 10.9 Å². The second-order valence-corrected chi connectivity index (χ2v) is 4.42. The Labute approximate surface area is 115 Å². The molecular weight excluding hydrogens is 255 g/mol. The molecule has 0 aliphatic heterocycles. The van der Waals surface area contributed by atoms with E-state index in [4.69, 9.17) is 10.5 Å². The van der Waals surface area contributed by atoms with Crippen LogP contribution >= 0.6 is 0 Å². The van der Waals surface area contributed by atoms with Gasteiger partial charge in [-0.05, 0) is 36.4 Å². The van der Waals surface area contributed by atoms with Gasteiger partial charge in [0.1, 0.15) is 18.2 Å². The lowest BCUT2D eigenvalue weighted by Crippen LogP contribution is -2.03. The van der Waals surface area contributed by atoms with Crippen molar-refractivity contribution in [1.29, 1.82) is 0 Å². The molecule has 100 valence electrons. The van der Waals surface area contributed by atoms with E-state index < -0.39 is 0 Å². The molecule has 1 heterocycles. The van der Waals surface area contributed by atoms with Crippen LogP contribution in [0.2, 0.25) is 0 Å². The van der Waals surface area contributed by atoms with Crippen LogP contribution in [-0.2, 0) is 6.61 Å². The predicted molar refractivity (Wildman–Crippen MR) is 76.9 cm³/mol. The second-order valence-electron chi connectivity index (χ2n) is 4.42. The largest absolute Gasteiger partial charge is 0.488 e. The van der Waals surface area contributed by atoms with Gasteiger partial charge in [-0.1, -0.05) is 12.1 Å². The fourth-order valence-corrected chi connectivity index (χ4v) is 2.08. The summed E-state index contributed by atoms with van der Waals surface area (Å²) in [5.41, 5.74) is 7.37. The summed E-state index contributed by atoms with van der Waals surface area (Å²) >= 11 is 0. The molecule has 0 saturated heterocycles. The zero-order valence-corrected chi connectivity index (χ0v) is 10.7. The minimum Gasteiger partial charge on any atom is -0.488 e. The van der Waals surface area contributed by atoms with Gasteiger partial charge >= 0.3 is 0 Å². The Morgan fingerprint density at radius 1 is 1.05 bits per heavy atom. The zero-order valence-electron chi connectivity index (χ0n) is 10.7. The number of nitrogen functional groups attached to an aromatic ring is 1. The first kappa shape index (κ1) is 12.4. The summed E-state index contributed by atoms with van der Waals surface area (Å²) in [5.74, 6) is 0.307. The van der Waals surface area contributed by atoms with Gasteiger partial charge in [0, 0.05) is 22.8 Å². The first-order valence-corrected chi connectivity index (χ1v) is 6.25. The molecule has 0 fully saturated rings. The Bertz CT molecular complexity index is 733. The Morgan fingerprint density at radius 3 is 2.75 bits per heavy atom. The smallest absolute Gasteiger partial charge is 0.131 e. The molecule has 0 unspecified atom stereocenters. The third-order valence-corrected chi connectivity index (χ3v) is 3.13. The maximum Gasteiger partial charge on any atom is 0.131 e. The number of nitrogens with two attached hydrogens (primary N) is 1. The fraction of sp³-hybridized carbons (Fsp3) is 0.0625. The van der Waals surface area contributed by atoms with E-state index in [2.05, 4.69) is 4.98 Å². The lowest BCUT2D eigenvalue weighted by molar-refractivity contribution is 0.304. The number of anilines is 1. The van der Waals surface area contributed by atoms with Crippen LogP contribution in [0.5, 0.6) is 5.75 Å². The molecule has 0 aliphatic carbocycles. The summed E-state index contributed by atoms with van der Waals surface area (Å²) in [6, 6.07) is 14.0. The number of benzene rings is 2. The minimum atomic E-state index is -0.358. The van der Waals surface area contributed by atoms with Gasteiger partial charge in [0.05, 0.1) is 5.52 Å². The molecular formula is C16H13FN2O. The number of aromatic nitrogens is 1. The average Bonchev–Trinajstić information content (AvgIpc) is 2.47. The van der Waals surface area contributed by atoms with Gasteiger partial charge in [0.25, 0.3) is 0 Å². The van der Waals surface area contributed by atoms with Crippen molar-refractivity contribution in [3.8, 4) is 5.75 Å². The summed E-state index contributed by atoms with van der Waals surface area (Å²) in [4.78, 5) is 4.25. The Morgan fingerprint density at radius 2 is 1.90 bits per heavy atom. The van der Waals surface area contributed by atoms with Gasteiger partial charge in [0.2, 0.25) is 0 Å². The molecule has 20 heavy (non-hydrogen) atoms. The molecule has 2 aromatic carbocycles. The Hall–Kier alpha value is -2.62. The van der Waals surface area contributed by atoms with E-state index in [1.54, 1.807) is 18.3 Å². The van der Waals surface area contributed by atoms with Crippen LogP contribution in [0, 0.1) is 5.82 Å². The molecule has 0 radical (unpaired) electrons. The average molecular weight is 268 g/mol. The second kappa shape index (κ2) is 5.17. The van der Waals surface area contributed by atoms with Crippen molar-refractivity contribution in [2.75, 3.05) is 5.73 Å². The van der Waals surface area contributed by atoms with E-state index in [1.807, 2.05) is 30.3 Å². The van der Waals surface area contributed by atoms with Gasteiger partial charge < -0.3 is 10.5 Å². The molecule has 0 aliphatic rings. The summed E-state index contributed by atoms with van der Waals surface area (Å²) in [5, 5.41) is 0.893. The monoisotopic (exact) mass is 268 g/mol. The van der Waals surface area contributed by atoms with Crippen LogP contribution in [0.1, 0.15) is 5.56 Å². The molecule has 2 N–H and O–H groups in total. The first-order chi connectivity index (χ1) is 9.75. The summed E-state index contributed by atoms with van der Waals surface area (Å²) in [6.07, 6.45) is 1.72. The van der Waals surface area contributed by atoms with Crippen LogP contribution in [0.15, 0.2) is 54.7 Å². The molecule has 0 bridgehead atoms. The van der Waals surface area contributed by atoms with E-state index in [9.17, 15) is 4.39 Å². The summed E-state index contributed by atoms with van der Waals surface area (Å²) in [6.45, 7) is 0.0898. The number of rotatable bonds is 3. The lowest BCUT2D eigenvalue weighted by Gasteiger charge is -2.11. The molecule has 3 nitrogen and oxygen atoms in total. The Kier molecular flexibility index (Phi) is 3.21. The van der Waals surface area contributed by atoms with Gasteiger partial charge in [0.15, 0.2) is 0 Å². The number of ether oxygens (including phenoxy) is 1. The summed E-state index contributed by atoms with van der Waals surface area (Å²) < 4.78 is 19.4. The quantitative estimate of drug-likeness (QED) is 0.739. The zero-order chi connectivity index (χ0) is 13.9. The number of pyridine rings is 1. The molecule has 0 saturated carbocycles. The summed E-state index contributed by atoms with van der Waals surface area (Å²) in [7, 11) is 0. The third-order valence-electron chi connectivity index (χ3n) is 3.13. The molecule has 3 aromatic rings. The van der Waals surface area contributed by atoms with Crippen molar-refractivity contribution in [2.24, 2.45) is 0 Å². The van der Waals surface area contributed by atoms with Crippen molar-refractivity contribution in [3.63, 3.8) is 0 Å². The number of nitrogens with zero attached hydrogens (tertiary/aromatic N) is 1. The van der Waals surface area contributed by atoms with Gasteiger partial charge in [-0.3, -0.25) is 4.98 Å². The van der Waals surface area contributed by atoms with Gasteiger partial charge in [-0.2, -0.15) is 0 Å². The standard InChI is InChI=1S/C16H13FN2O/c17-13-5-1-6-14(18)12(13)10-20-16-8-2-7-15-11(16)4-3-9-19-15/h1-9H,10,18H2. The van der Waals surface area contributed by atoms with E-state index in [1.165, 1.54) is 6.07 Å². The number of halogens is 1. The van der Waals surface area contributed by atoms with Crippen LogP contribution in [0.3, 0.4) is 0 Å². The molecule has 4 heteroatoms. The van der Waals surface area contributed by atoms with E-state index in [-0.39, 0.29) is 12.4 Å². The van der Waals surface area contributed by atoms with Crippen LogP contribution in [0.25, 0.3) is 10.9 Å². The van der Waals surface area contributed by atoms with Gasteiger partial charge in [-0.15, -0.1) is 0 Å².